The topological polar surface area (TPSA) is 87.7 Å². The van der Waals surface area contributed by atoms with Gasteiger partial charge in [-0.2, -0.15) is 0 Å². The Balaban J connectivity index is 2.75. The minimum atomic E-state index is -1.17. The van der Waals surface area contributed by atoms with Gasteiger partial charge in [0.1, 0.15) is 11.4 Å². The Bertz CT molecular complexity index is 367. The second-order valence-corrected chi connectivity index (χ2v) is 4.16. The fourth-order valence-corrected chi connectivity index (χ4v) is 1.32. The van der Waals surface area contributed by atoms with Crippen molar-refractivity contribution in [3.63, 3.8) is 0 Å². The maximum absolute atomic E-state index is 9.66. The number of rotatable bonds is 6. The van der Waals surface area contributed by atoms with Gasteiger partial charge in [0.15, 0.2) is 0 Å². The highest BCUT2D eigenvalue weighted by Crippen LogP contribution is 2.29. The zero-order valence-corrected chi connectivity index (χ0v) is 10.2. The third kappa shape index (κ3) is 3.80. The molecule has 0 bridgehead atoms. The third-order valence-corrected chi connectivity index (χ3v) is 2.37. The van der Waals surface area contributed by atoms with Crippen LogP contribution in [0.25, 0.3) is 0 Å². The Morgan fingerprint density at radius 3 is 2.76 bits per heavy atom. The van der Waals surface area contributed by atoms with E-state index >= 15 is 0 Å². The van der Waals surface area contributed by atoms with Crippen LogP contribution in [0.15, 0.2) is 18.2 Å². The van der Waals surface area contributed by atoms with Crippen molar-refractivity contribution in [2.45, 2.75) is 19.4 Å². The molecule has 0 spiro atoms. The van der Waals surface area contributed by atoms with E-state index in [4.69, 9.17) is 15.6 Å². The molecule has 0 aliphatic rings. The van der Waals surface area contributed by atoms with Gasteiger partial charge in [0, 0.05) is 6.54 Å². The standard InChI is InChI=1S/C12H20N2O3/c1-3-17-10-6-4-5-9(11(10)13)14-7-12(2,16)8-15/h4-6,14-16H,3,7-8,13H2,1-2H3. The Morgan fingerprint density at radius 2 is 2.18 bits per heavy atom. The second kappa shape index (κ2) is 5.75. The van der Waals surface area contributed by atoms with Crippen molar-refractivity contribution in [2.75, 3.05) is 30.8 Å². The van der Waals surface area contributed by atoms with E-state index < -0.39 is 5.60 Å². The first kappa shape index (κ1) is 13.6. The number of aliphatic hydroxyl groups is 2. The second-order valence-electron chi connectivity index (χ2n) is 4.16. The molecule has 0 saturated carbocycles. The Labute approximate surface area is 101 Å². The minimum Gasteiger partial charge on any atom is -0.492 e. The number of benzene rings is 1. The van der Waals surface area contributed by atoms with Crippen molar-refractivity contribution >= 4 is 11.4 Å². The maximum Gasteiger partial charge on any atom is 0.144 e. The molecule has 1 rings (SSSR count). The SMILES string of the molecule is CCOc1cccc(NCC(C)(O)CO)c1N. The first-order valence-electron chi connectivity index (χ1n) is 5.58. The highest BCUT2D eigenvalue weighted by atomic mass is 16.5. The molecule has 0 saturated heterocycles. The van der Waals surface area contributed by atoms with Gasteiger partial charge in [0.05, 0.1) is 24.6 Å². The lowest BCUT2D eigenvalue weighted by atomic mass is 10.1. The highest BCUT2D eigenvalue weighted by molar-refractivity contribution is 5.72. The monoisotopic (exact) mass is 240 g/mol. The zero-order chi connectivity index (χ0) is 12.9. The van der Waals surface area contributed by atoms with Gasteiger partial charge >= 0.3 is 0 Å². The Kier molecular flexibility index (Phi) is 4.60. The first-order chi connectivity index (χ1) is 8.00. The van der Waals surface area contributed by atoms with Crippen LogP contribution in [0.1, 0.15) is 13.8 Å². The van der Waals surface area contributed by atoms with Crippen LogP contribution in [0.3, 0.4) is 0 Å². The highest BCUT2D eigenvalue weighted by Gasteiger charge is 2.19. The smallest absolute Gasteiger partial charge is 0.144 e. The molecule has 0 aromatic heterocycles. The number of para-hydroxylation sites is 1. The van der Waals surface area contributed by atoms with E-state index in [0.717, 1.165) is 0 Å². The lowest BCUT2D eigenvalue weighted by Gasteiger charge is -2.22. The summed E-state index contributed by atoms with van der Waals surface area (Å²) in [6.07, 6.45) is 0. The number of hydrogen-bond acceptors (Lipinski definition) is 5. The molecule has 1 aromatic rings. The predicted molar refractivity (Wildman–Crippen MR) is 68.2 cm³/mol. The number of nitrogens with two attached hydrogens (primary N) is 1. The van der Waals surface area contributed by atoms with Gasteiger partial charge in [-0.1, -0.05) is 6.07 Å². The van der Waals surface area contributed by atoms with Crippen LogP contribution in [0.4, 0.5) is 11.4 Å². The van der Waals surface area contributed by atoms with Crippen LogP contribution < -0.4 is 15.8 Å². The predicted octanol–water partition coefficient (Wildman–Crippen LogP) is 0.823. The largest absolute Gasteiger partial charge is 0.492 e. The number of anilines is 2. The normalized spacial score (nSPS) is 14.1. The van der Waals surface area contributed by atoms with Gasteiger partial charge in [-0.3, -0.25) is 0 Å². The Hall–Kier alpha value is -1.46. The van der Waals surface area contributed by atoms with Gasteiger partial charge in [-0.05, 0) is 26.0 Å². The molecule has 0 aliphatic heterocycles. The number of nitrogens with one attached hydrogen (secondary N) is 1. The summed E-state index contributed by atoms with van der Waals surface area (Å²) >= 11 is 0. The summed E-state index contributed by atoms with van der Waals surface area (Å²) < 4.78 is 5.36. The number of ether oxygens (including phenoxy) is 1. The van der Waals surface area contributed by atoms with Crippen molar-refractivity contribution in [3.05, 3.63) is 18.2 Å². The van der Waals surface area contributed by atoms with Crippen LogP contribution in [-0.4, -0.2) is 35.6 Å². The average molecular weight is 240 g/mol. The van der Waals surface area contributed by atoms with E-state index in [1.165, 1.54) is 0 Å². The molecule has 0 amide bonds. The lowest BCUT2D eigenvalue weighted by molar-refractivity contribution is 0.0132. The van der Waals surface area contributed by atoms with E-state index in [2.05, 4.69) is 5.32 Å². The van der Waals surface area contributed by atoms with Gasteiger partial charge in [0.25, 0.3) is 0 Å². The molecular formula is C12H20N2O3. The summed E-state index contributed by atoms with van der Waals surface area (Å²) in [5.41, 5.74) is 5.92. The lowest BCUT2D eigenvalue weighted by Crippen LogP contribution is -2.37. The molecule has 17 heavy (non-hydrogen) atoms. The average Bonchev–Trinajstić information content (AvgIpc) is 2.31. The van der Waals surface area contributed by atoms with Crippen molar-refractivity contribution in [3.8, 4) is 5.75 Å². The molecule has 0 heterocycles. The molecule has 1 unspecified atom stereocenters. The molecular weight excluding hydrogens is 220 g/mol. The summed E-state index contributed by atoms with van der Waals surface area (Å²) in [6, 6.07) is 5.40. The number of nitrogen functional groups attached to an aromatic ring is 1. The van der Waals surface area contributed by atoms with Crippen LogP contribution in [0.2, 0.25) is 0 Å². The van der Waals surface area contributed by atoms with E-state index in [1.54, 1.807) is 19.1 Å². The summed E-state index contributed by atoms with van der Waals surface area (Å²) in [5.74, 6) is 0.612. The van der Waals surface area contributed by atoms with E-state index in [1.807, 2.05) is 13.0 Å². The summed E-state index contributed by atoms with van der Waals surface area (Å²) in [4.78, 5) is 0. The van der Waals surface area contributed by atoms with Gasteiger partial charge in [-0.15, -0.1) is 0 Å². The molecule has 1 aromatic carbocycles. The maximum atomic E-state index is 9.66. The minimum absolute atomic E-state index is 0.212. The van der Waals surface area contributed by atoms with Crippen LogP contribution in [0, 0.1) is 0 Å². The van der Waals surface area contributed by atoms with Crippen LogP contribution in [-0.2, 0) is 0 Å². The van der Waals surface area contributed by atoms with E-state index in [-0.39, 0.29) is 13.2 Å². The van der Waals surface area contributed by atoms with Crippen molar-refractivity contribution in [2.24, 2.45) is 0 Å². The van der Waals surface area contributed by atoms with Crippen molar-refractivity contribution < 1.29 is 14.9 Å². The zero-order valence-electron chi connectivity index (χ0n) is 10.2. The molecule has 0 radical (unpaired) electrons. The summed E-state index contributed by atoms with van der Waals surface area (Å²) in [5, 5.41) is 21.6. The molecule has 96 valence electrons. The van der Waals surface area contributed by atoms with Crippen molar-refractivity contribution in [1.29, 1.82) is 0 Å². The quantitative estimate of drug-likeness (QED) is 0.553. The van der Waals surface area contributed by atoms with Crippen molar-refractivity contribution in [1.82, 2.24) is 0 Å². The van der Waals surface area contributed by atoms with Crippen LogP contribution >= 0.6 is 0 Å². The molecule has 0 aliphatic carbocycles. The first-order valence-corrected chi connectivity index (χ1v) is 5.58. The van der Waals surface area contributed by atoms with E-state index in [9.17, 15) is 5.11 Å². The molecule has 5 heteroatoms. The fourth-order valence-electron chi connectivity index (χ4n) is 1.32. The van der Waals surface area contributed by atoms with Gasteiger partial charge in [-0.25, -0.2) is 0 Å². The number of hydrogen-bond donors (Lipinski definition) is 4. The van der Waals surface area contributed by atoms with Gasteiger partial charge < -0.3 is 26.0 Å². The van der Waals surface area contributed by atoms with Gasteiger partial charge in [0.2, 0.25) is 0 Å². The molecule has 0 fully saturated rings. The third-order valence-electron chi connectivity index (χ3n) is 2.37. The summed E-state index contributed by atoms with van der Waals surface area (Å²) in [6.45, 7) is 3.87. The Morgan fingerprint density at radius 1 is 1.47 bits per heavy atom. The van der Waals surface area contributed by atoms with Crippen LogP contribution in [0.5, 0.6) is 5.75 Å². The fraction of sp³-hybridized carbons (Fsp3) is 0.500. The molecule has 5 nitrogen and oxygen atoms in total. The molecule has 5 N–H and O–H groups in total. The van der Waals surface area contributed by atoms with E-state index in [0.29, 0.717) is 23.7 Å². The number of aliphatic hydroxyl groups excluding tert-OH is 1. The molecule has 1 atom stereocenters. The summed E-state index contributed by atoms with van der Waals surface area (Å²) in [7, 11) is 0.